The van der Waals surface area contributed by atoms with Gasteiger partial charge in [0.25, 0.3) is 0 Å². The summed E-state index contributed by atoms with van der Waals surface area (Å²) in [5.41, 5.74) is 2.24. The van der Waals surface area contributed by atoms with E-state index in [2.05, 4.69) is 15.0 Å². The van der Waals surface area contributed by atoms with Crippen LogP contribution in [-0.4, -0.2) is 15.0 Å². The maximum absolute atomic E-state index is 12.8. The third-order valence-corrected chi connectivity index (χ3v) is 2.61. The summed E-state index contributed by atoms with van der Waals surface area (Å²) in [6.07, 6.45) is 4.92. The molecule has 0 atom stereocenters. The van der Waals surface area contributed by atoms with Gasteiger partial charge in [-0.05, 0) is 36.8 Å². The Hall–Kier alpha value is -2.56. The van der Waals surface area contributed by atoms with Crippen LogP contribution in [0.2, 0.25) is 0 Å². The average molecular weight is 255 g/mol. The van der Waals surface area contributed by atoms with E-state index in [4.69, 9.17) is 4.42 Å². The Balaban J connectivity index is 1.95. The summed E-state index contributed by atoms with van der Waals surface area (Å²) in [5, 5.41) is 0. The maximum atomic E-state index is 12.8. The molecule has 0 aliphatic carbocycles. The van der Waals surface area contributed by atoms with Crippen molar-refractivity contribution < 1.29 is 8.81 Å². The van der Waals surface area contributed by atoms with E-state index < -0.39 is 0 Å². The van der Waals surface area contributed by atoms with Crippen LogP contribution in [0.5, 0.6) is 0 Å². The van der Waals surface area contributed by atoms with Crippen LogP contribution in [0.25, 0.3) is 23.0 Å². The predicted molar refractivity (Wildman–Crippen MR) is 67.7 cm³/mol. The van der Waals surface area contributed by atoms with Gasteiger partial charge in [-0.25, -0.2) is 19.3 Å². The molecule has 0 aliphatic rings. The van der Waals surface area contributed by atoms with E-state index in [0.29, 0.717) is 23.0 Å². The summed E-state index contributed by atoms with van der Waals surface area (Å²) in [6, 6.07) is 5.95. The molecule has 0 bridgehead atoms. The van der Waals surface area contributed by atoms with Gasteiger partial charge in [0.15, 0.2) is 5.82 Å². The Morgan fingerprint density at radius 3 is 2.42 bits per heavy atom. The number of hydrogen-bond donors (Lipinski definition) is 0. The van der Waals surface area contributed by atoms with E-state index in [-0.39, 0.29) is 5.82 Å². The fraction of sp³-hybridized carbons (Fsp3) is 0.0714. The standard InChI is InChI=1S/C14H10FN3O/c1-9-6-16-13(17-7-9)12-8-19-14(18-12)10-2-4-11(15)5-3-10/h2-8H,1H3. The third-order valence-electron chi connectivity index (χ3n) is 2.61. The van der Waals surface area contributed by atoms with E-state index in [1.165, 1.54) is 18.4 Å². The second kappa shape index (κ2) is 4.61. The highest BCUT2D eigenvalue weighted by Crippen LogP contribution is 2.22. The van der Waals surface area contributed by atoms with E-state index in [1.807, 2.05) is 6.92 Å². The topological polar surface area (TPSA) is 51.8 Å². The number of aryl methyl sites for hydroxylation is 1. The molecule has 0 N–H and O–H groups in total. The number of hydrogen-bond acceptors (Lipinski definition) is 4. The lowest BCUT2D eigenvalue weighted by Gasteiger charge is -1.95. The zero-order valence-corrected chi connectivity index (χ0v) is 10.2. The van der Waals surface area contributed by atoms with Gasteiger partial charge in [-0.1, -0.05) is 0 Å². The highest BCUT2D eigenvalue weighted by molar-refractivity contribution is 5.57. The Morgan fingerprint density at radius 2 is 1.74 bits per heavy atom. The molecule has 0 amide bonds. The number of rotatable bonds is 2. The van der Waals surface area contributed by atoms with E-state index in [0.717, 1.165) is 5.56 Å². The molecule has 0 saturated heterocycles. The Labute approximate surface area is 109 Å². The van der Waals surface area contributed by atoms with Crippen LogP contribution >= 0.6 is 0 Å². The van der Waals surface area contributed by atoms with Crippen molar-refractivity contribution in [1.82, 2.24) is 15.0 Å². The Kier molecular flexibility index (Phi) is 2.79. The molecule has 4 nitrogen and oxygen atoms in total. The zero-order chi connectivity index (χ0) is 13.2. The molecule has 0 aliphatic heterocycles. The molecule has 0 radical (unpaired) electrons. The maximum Gasteiger partial charge on any atom is 0.226 e. The lowest BCUT2D eigenvalue weighted by molar-refractivity contribution is 0.574. The first-order chi connectivity index (χ1) is 9.22. The first-order valence-corrected chi connectivity index (χ1v) is 5.73. The number of aromatic nitrogens is 3. The highest BCUT2D eigenvalue weighted by atomic mass is 19.1. The third kappa shape index (κ3) is 2.35. The minimum Gasteiger partial charge on any atom is -0.444 e. The molecule has 94 valence electrons. The Bertz CT molecular complexity index is 629. The van der Waals surface area contributed by atoms with Crippen molar-refractivity contribution in [1.29, 1.82) is 0 Å². The van der Waals surface area contributed by atoms with Gasteiger partial charge in [-0.3, -0.25) is 0 Å². The van der Waals surface area contributed by atoms with Crippen molar-refractivity contribution in [3.05, 3.63) is 54.3 Å². The van der Waals surface area contributed by atoms with Crippen molar-refractivity contribution in [3.8, 4) is 23.0 Å². The molecule has 2 heterocycles. The largest absolute Gasteiger partial charge is 0.444 e. The molecule has 3 aromatic rings. The molecule has 5 heteroatoms. The monoisotopic (exact) mass is 255 g/mol. The molecule has 0 fully saturated rings. The number of benzene rings is 1. The summed E-state index contributed by atoms with van der Waals surface area (Å²) in [6.45, 7) is 1.91. The first-order valence-electron chi connectivity index (χ1n) is 5.73. The van der Waals surface area contributed by atoms with Crippen molar-refractivity contribution in [3.63, 3.8) is 0 Å². The summed E-state index contributed by atoms with van der Waals surface area (Å²) in [5.74, 6) is 0.624. The summed E-state index contributed by atoms with van der Waals surface area (Å²) in [7, 11) is 0. The van der Waals surface area contributed by atoms with Crippen LogP contribution in [0.3, 0.4) is 0 Å². The molecule has 0 saturated carbocycles. The van der Waals surface area contributed by atoms with E-state index in [1.54, 1.807) is 24.5 Å². The second-order valence-electron chi connectivity index (χ2n) is 4.13. The molecule has 0 unspecified atom stereocenters. The average Bonchev–Trinajstić information content (AvgIpc) is 2.90. The van der Waals surface area contributed by atoms with Gasteiger partial charge >= 0.3 is 0 Å². The SMILES string of the molecule is Cc1cnc(-c2coc(-c3ccc(F)cc3)n2)nc1. The van der Waals surface area contributed by atoms with Crippen LogP contribution in [0.4, 0.5) is 4.39 Å². The lowest BCUT2D eigenvalue weighted by Crippen LogP contribution is -1.89. The number of oxazole rings is 1. The number of halogens is 1. The van der Waals surface area contributed by atoms with Gasteiger partial charge in [0.1, 0.15) is 17.8 Å². The normalized spacial score (nSPS) is 10.6. The van der Waals surface area contributed by atoms with Crippen LogP contribution in [-0.2, 0) is 0 Å². The second-order valence-corrected chi connectivity index (χ2v) is 4.13. The van der Waals surface area contributed by atoms with E-state index >= 15 is 0 Å². The first kappa shape index (κ1) is 11.5. The molecule has 1 aromatic carbocycles. The molecular weight excluding hydrogens is 245 g/mol. The van der Waals surface area contributed by atoms with Crippen LogP contribution in [0.1, 0.15) is 5.56 Å². The lowest BCUT2D eigenvalue weighted by atomic mass is 10.2. The minimum absolute atomic E-state index is 0.294. The van der Waals surface area contributed by atoms with Gasteiger partial charge in [0.05, 0.1) is 0 Å². The van der Waals surface area contributed by atoms with Gasteiger partial charge < -0.3 is 4.42 Å². The fourth-order valence-corrected chi connectivity index (χ4v) is 1.63. The van der Waals surface area contributed by atoms with E-state index in [9.17, 15) is 4.39 Å². The predicted octanol–water partition coefficient (Wildman–Crippen LogP) is 3.25. The molecule has 3 rings (SSSR count). The molecular formula is C14H10FN3O. The van der Waals surface area contributed by atoms with Gasteiger partial charge in [0, 0.05) is 18.0 Å². The van der Waals surface area contributed by atoms with Gasteiger partial charge in [0.2, 0.25) is 5.89 Å². The quantitative estimate of drug-likeness (QED) is 0.705. The summed E-state index contributed by atoms with van der Waals surface area (Å²) < 4.78 is 18.2. The fourth-order valence-electron chi connectivity index (χ4n) is 1.63. The van der Waals surface area contributed by atoms with Gasteiger partial charge in [-0.15, -0.1) is 0 Å². The van der Waals surface area contributed by atoms with Crippen LogP contribution < -0.4 is 0 Å². The molecule has 19 heavy (non-hydrogen) atoms. The number of nitrogens with zero attached hydrogens (tertiary/aromatic N) is 3. The van der Waals surface area contributed by atoms with Crippen molar-refractivity contribution in [2.24, 2.45) is 0 Å². The van der Waals surface area contributed by atoms with Crippen molar-refractivity contribution >= 4 is 0 Å². The molecule has 0 spiro atoms. The smallest absolute Gasteiger partial charge is 0.226 e. The summed E-state index contributed by atoms with van der Waals surface area (Å²) in [4.78, 5) is 12.6. The highest BCUT2D eigenvalue weighted by Gasteiger charge is 2.10. The Morgan fingerprint density at radius 1 is 1.05 bits per heavy atom. The minimum atomic E-state index is -0.294. The van der Waals surface area contributed by atoms with Crippen LogP contribution in [0, 0.1) is 12.7 Å². The van der Waals surface area contributed by atoms with Crippen molar-refractivity contribution in [2.75, 3.05) is 0 Å². The molecule has 2 aromatic heterocycles. The van der Waals surface area contributed by atoms with Crippen LogP contribution in [0.15, 0.2) is 47.3 Å². The summed E-state index contributed by atoms with van der Waals surface area (Å²) >= 11 is 0. The van der Waals surface area contributed by atoms with Gasteiger partial charge in [-0.2, -0.15) is 0 Å². The zero-order valence-electron chi connectivity index (χ0n) is 10.2. The van der Waals surface area contributed by atoms with Crippen molar-refractivity contribution in [2.45, 2.75) is 6.92 Å².